The van der Waals surface area contributed by atoms with Gasteiger partial charge in [-0.1, -0.05) is 97.3 Å². The van der Waals surface area contributed by atoms with E-state index in [1.165, 1.54) is 35.2 Å². The van der Waals surface area contributed by atoms with Gasteiger partial charge in [0.15, 0.2) is 0 Å². The van der Waals surface area contributed by atoms with Gasteiger partial charge >= 0.3 is 6.18 Å². The van der Waals surface area contributed by atoms with E-state index in [2.05, 4.69) is 5.32 Å². The molecule has 0 aromatic heterocycles. The van der Waals surface area contributed by atoms with Gasteiger partial charge in [-0.3, -0.25) is 13.9 Å². The second-order valence-electron chi connectivity index (χ2n) is 12.1. The third-order valence-corrected chi connectivity index (χ3v) is 10.3. The molecule has 1 aliphatic carbocycles. The van der Waals surface area contributed by atoms with Crippen molar-refractivity contribution in [3.8, 4) is 0 Å². The Morgan fingerprint density at radius 2 is 1.46 bits per heavy atom. The van der Waals surface area contributed by atoms with Crippen molar-refractivity contribution in [3.63, 3.8) is 0 Å². The molecule has 4 aromatic carbocycles. The van der Waals surface area contributed by atoms with Crippen LogP contribution in [-0.2, 0) is 38.8 Å². The topological polar surface area (TPSA) is 86.8 Å². The maximum Gasteiger partial charge on any atom is 0.416 e. The summed E-state index contributed by atoms with van der Waals surface area (Å²) in [5.74, 6) is -1.11. The summed E-state index contributed by atoms with van der Waals surface area (Å²) in [5, 5.41) is 3.11. The summed E-state index contributed by atoms with van der Waals surface area (Å²) in [7, 11) is -4.53. The molecule has 11 heteroatoms. The zero-order valence-electron chi connectivity index (χ0n) is 26.6. The standard InChI is InChI=1S/C37H38F3N3O4S/c1-27-12-10-15-29(22-27)25-42(34(23-28-13-4-2-5-14-28)36(45)41-31-17-8-9-18-31)35(44)26-43(48(46,47)33-20-6-3-7-21-33)32-19-11-16-30(24-32)37(38,39)40/h2-7,10-16,19-22,24,31,34H,8-9,17-18,23,25-26H2,1H3,(H,41,45)/t34-/m1/s1. The Morgan fingerprint density at radius 3 is 2.10 bits per heavy atom. The number of amides is 2. The van der Waals surface area contributed by atoms with Crippen molar-refractivity contribution >= 4 is 27.5 Å². The first-order valence-corrected chi connectivity index (χ1v) is 17.3. The fourth-order valence-electron chi connectivity index (χ4n) is 6.01. The highest BCUT2D eigenvalue weighted by Crippen LogP contribution is 2.33. The van der Waals surface area contributed by atoms with Crippen LogP contribution in [0.1, 0.15) is 47.9 Å². The average molecular weight is 678 g/mol. The molecule has 0 spiro atoms. The second kappa shape index (κ2) is 15.1. The molecule has 48 heavy (non-hydrogen) atoms. The van der Waals surface area contributed by atoms with E-state index in [9.17, 15) is 31.2 Å². The number of nitrogens with one attached hydrogen (secondary N) is 1. The summed E-state index contributed by atoms with van der Waals surface area (Å²) in [6.45, 7) is 1.02. The number of rotatable bonds is 12. The van der Waals surface area contributed by atoms with Crippen molar-refractivity contribution in [2.45, 2.75) is 68.7 Å². The van der Waals surface area contributed by atoms with Gasteiger partial charge in [0, 0.05) is 19.0 Å². The Morgan fingerprint density at radius 1 is 0.833 bits per heavy atom. The van der Waals surface area contributed by atoms with Gasteiger partial charge in [0.25, 0.3) is 10.0 Å². The van der Waals surface area contributed by atoms with Gasteiger partial charge in [-0.25, -0.2) is 8.42 Å². The zero-order chi connectivity index (χ0) is 34.3. The van der Waals surface area contributed by atoms with Crippen LogP contribution < -0.4 is 9.62 Å². The van der Waals surface area contributed by atoms with E-state index in [1.54, 1.807) is 6.07 Å². The molecule has 1 saturated carbocycles. The van der Waals surface area contributed by atoms with Gasteiger partial charge in [0.2, 0.25) is 11.8 Å². The SMILES string of the molecule is Cc1cccc(CN(C(=O)CN(c2cccc(C(F)(F)F)c2)S(=O)(=O)c2ccccc2)[C@H](Cc2ccccc2)C(=O)NC2CCCC2)c1. The van der Waals surface area contributed by atoms with Crippen LogP contribution in [0.2, 0.25) is 0 Å². The number of carbonyl (C=O) groups excluding carboxylic acids is 2. The van der Waals surface area contributed by atoms with E-state index in [-0.39, 0.29) is 35.5 Å². The number of sulfonamides is 1. The smallest absolute Gasteiger partial charge is 0.352 e. The molecule has 252 valence electrons. The number of nitrogens with zero attached hydrogens (tertiary/aromatic N) is 2. The predicted molar refractivity (Wildman–Crippen MR) is 178 cm³/mol. The summed E-state index contributed by atoms with van der Waals surface area (Å²) in [6, 6.07) is 26.6. The quantitative estimate of drug-likeness (QED) is 0.177. The van der Waals surface area contributed by atoms with Crippen molar-refractivity contribution in [1.29, 1.82) is 0 Å². The molecule has 0 bridgehead atoms. The van der Waals surface area contributed by atoms with Crippen LogP contribution in [0.3, 0.4) is 0 Å². The van der Waals surface area contributed by atoms with Gasteiger partial charge in [-0.15, -0.1) is 0 Å². The number of alkyl halides is 3. The van der Waals surface area contributed by atoms with Crippen molar-refractivity contribution in [1.82, 2.24) is 10.2 Å². The minimum atomic E-state index is -4.75. The van der Waals surface area contributed by atoms with E-state index in [0.717, 1.165) is 48.9 Å². The summed E-state index contributed by atoms with van der Waals surface area (Å²) in [6.07, 6.45) is -1.03. The lowest BCUT2D eigenvalue weighted by Gasteiger charge is -2.34. The van der Waals surface area contributed by atoms with E-state index in [0.29, 0.717) is 15.9 Å². The number of hydrogen-bond acceptors (Lipinski definition) is 4. The molecule has 0 radical (unpaired) electrons. The monoisotopic (exact) mass is 677 g/mol. The van der Waals surface area contributed by atoms with Crippen LogP contribution in [0.5, 0.6) is 0 Å². The van der Waals surface area contributed by atoms with Gasteiger partial charge in [0.05, 0.1) is 16.1 Å². The lowest BCUT2D eigenvalue weighted by atomic mass is 10.0. The largest absolute Gasteiger partial charge is 0.416 e. The summed E-state index contributed by atoms with van der Waals surface area (Å²) in [4.78, 5) is 29.8. The fourth-order valence-corrected chi connectivity index (χ4v) is 7.44. The fraction of sp³-hybridized carbons (Fsp3) is 0.297. The summed E-state index contributed by atoms with van der Waals surface area (Å²) >= 11 is 0. The summed E-state index contributed by atoms with van der Waals surface area (Å²) < 4.78 is 70.2. The third-order valence-electron chi connectivity index (χ3n) is 8.48. The lowest BCUT2D eigenvalue weighted by molar-refractivity contribution is -0.140. The number of aryl methyl sites for hydroxylation is 1. The van der Waals surface area contributed by atoms with Gasteiger partial charge in [0.1, 0.15) is 12.6 Å². The van der Waals surface area contributed by atoms with Crippen LogP contribution in [0.4, 0.5) is 18.9 Å². The minimum absolute atomic E-state index is 0.0298. The normalized spacial score (nSPS) is 14.3. The number of carbonyl (C=O) groups is 2. The molecule has 1 N–H and O–H groups in total. The van der Waals surface area contributed by atoms with Crippen molar-refractivity contribution in [3.05, 3.63) is 131 Å². The van der Waals surface area contributed by atoms with E-state index >= 15 is 0 Å². The molecule has 4 aromatic rings. The van der Waals surface area contributed by atoms with Crippen LogP contribution >= 0.6 is 0 Å². The van der Waals surface area contributed by atoms with Crippen LogP contribution in [-0.4, -0.2) is 43.8 Å². The molecular weight excluding hydrogens is 639 g/mol. The average Bonchev–Trinajstić information content (AvgIpc) is 3.58. The van der Waals surface area contributed by atoms with Gasteiger partial charge in [-0.05, 0) is 61.2 Å². The second-order valence-corrected chi connectivity index (χ2v) is 13.9. The number of hydrogen-bond donors (Lipinski definition) is 1. The molecule has 2 amide bonds. The number of anilines is 1. The van der Waals surface area contributed by atoms with E-state index in [4.69, 9.17) is 0 Å². The molecule has 5 rings (SSSR count). The minimum Gasteiger partial charge on any atom is -0.352 e. The highest BCUT2D eigenvalue weighted by molar-refractivity contribution is 7.92. The summed E-state index contributed by atoms with van der Waals surface area (Å²) in [5.41, 5.74) is 1.04. The van der Waals surface area contributed by atoms with Crippen molar-refractivity contribution < 1.29 is 31.2 Å². The molecule has 0 heterocycles. The number of halogens is 3. The highest BCUT2D eigenvalue weighted by Gasteiger charge is 2.37. The van der Waals surface area contributed by atoms with Crippen LogP contribution in [0.15, 0.2) is 114 Å². The molecule has 1 atom stereocenters. The zero-order valence-corrected chi connectivity index (χ0v) is 27.4. The maximum absolute atomic E-state index is 14.6. The van der Waals surface area contributed by atoms with E-state index in [1.807, 2.05) is 61.5 Å². The predicted octanol–water partition coefficient (Wildman–Crippen LogP) is 6.91. The van der Waals surface area contributed by atoms with Gasteiger partial charge in [-0.2, -0.15) is 13.2 Å². The molecular formula is C37H38F3N3O4S. The third kappa shape index (κ3) is 8.63. The Bertz CT molecular complexity index is 1810. The van der Waals surface area contributed by atoms with Crippen LogP contribution in [0, 0.1) is 6.92 Å². The Hall–Kier alpha value is -4.64. The molecule has 7 nitrogen and oxygen atoms in total. The molecule has 1 aliphatic rings. The number of benzene rings is 4. The molecule has 0 aliphatic heterocycles. The van der Waals surface area contributed by atoms with Crippen molar-refractivity contribution in [2.24, 2.45) is 0 Å². The van der Waals surface area contributed by atoms with Gasteiger partial charge < -0.3 is 10.2 Å². The lowest BCUT2D eigenvalue weighted by Crippen LogP contribution is -2.54. The first-order chi connectivity index (χ1) is 22.9. The molecule has 0 saturated heterocycles. The first kappa shape index (κ1) is 34.7. The Labute approximate surface area is 279 Å². The highest BCUT2D eigenvalue weighted by atomic mass is 32.2. The van der Waals surface area contributed by atoms with Crippen LogP contribution in [0.25, 0.3) is 0 Å². The Balaban J connectivity index is 1.59. The Kier molecular flexibility index (Phi) is 10.9. The molecule has 1 fully saturated rings. The first-order valence-electron chi connectivity index (χ1n) is 15.9. The van der Waals surface area contributed by atoms with E-state index < -0.39 is 40.3 Å². The van der Waals surface area contributed by atoms with Crippen molar-refractivity contribution in [2.75, 3.05) is 10.8 Å². The maximum atomic E-state index is 14.6. The molecule has 0 unspecified atom stereocenters.